The molecule has 4 aromatic carbocycles. The third-order valence-corrected chi connectivity index (χ3v) is 8.85. The van der Waals surface area contributed by atoms with Crippen LogP contribution in [0.2, 0.25) is 0 Å². The summed E-state index contributed by atoms with van der Waals surface area (Å²) in [5, 5.41) is 0. The minimum absolute atomic E-state index is 0.0348. The highest BCUT2D eigenvalue weighted by Crippen LogP contribution is 2.53. The minimum atomic E-state index is -0.0535. The van der Waals surface area contributed by atoms with E-state index >= 15 is 0 Å². The smallest absolute Gasteiger partial charge is 0.0493 e. The fourth-order valence-corrected chi connectivity index (χ4v) is 6.72. The van der Waals surface area contributed by atoms with Crippen molar-refractivity contribution in [1.82, 2.24) is 0 Å². The van der Waals surface area contributed by atoms with E-state index in [1.165, 1.54) is 61.4 Å². The van der Waals surface area contributed by atoms with Crippen molar-refractivity contribution in [2.24, 2.45) is 0 Å². The summed E-state index contributed by atoms with van der Waals surface area (Å²) in [5.41, 5.74) is 15.6. The monoisotopic (exact) mass is 495 g/mol. The first kappa shape index (κ1) is 24.5. The predicted molar refractivity (Wildman–Crippen MR) is 165 cm³/mol. The van der Waals surface area contributed by atoms with Gasteiger partial charge in [0.05, 0.1) is 0 Å². The first-order valence-electron chi connectivity index (χ1n) is 13.7. The van der Waals surface area contributed by atoms with E-state index in [0.29, 0.717) is 0 Å². The lowest BCUT2D eigenvalue weighted by Gasteiger charge is -2.31. The third-order valence-electron chi connectivity index (χ3n) is 8.85. The van der Waals surface area contributed by atoms with E-state index in [1.54, 1.807) is 0 Å². The van der Waals surface area contributed by atoms with Crippen LogP contribution in [0.3, 0.4) is 0 Å². The van der Waals surface area contributed by atoms with Gasteiger partial charge in [-0.1, -0.05) is 101 Å². The molecule has 1 nitrogen and oxygen atoms in total. The largest absolute Gasteiger partial charge is 0.337 e. The molecule has 0 aliphatic heterocycles. The van der Waals surface area contributed by atoms with E-state index in [2.05, 4.69) is 144 Å². The zero-order valence-corrected chi connectivity index (χ0v) is 23.5. The van der Waals surface area contributed by atoms with Crippen LogP contribution in [0.15, 0.2) is 97.6 Å². The number of hydrogen-bond acceptors (Lipinski definition) is 1. The molecule has 2 aliphatic rings. The summed E-state index contributed by atoms with van der Waals surface area (Å²) in [6.07, 6.45) is 4.40. The zero-order chi connectivity index (χ0) is 26.8. The molecule has 38 heavy (non-hydrogen) atoms. The number of benzene rings is 4. The molecule has 4 aromatic rings. The highest BCUT2D eigenvalue weighted by atomic mass is 15.1. The Bertz CT molecular complexity index is 1630. The van der Waals surface area contributed by atoms with Gasteiger partial charge in [-0.3, -0.25) is 0 Å². The third kappa shape index (κ3) is 3.45. The lowest BCUT2D eigenvalue weighted by atomic mass is 9.81. The second kappa shape index (κ2) is 8.60. The van der Waals surface area contributed by atoms with E-state index in [-0.39, 0.29) is 10.8 Å². The summed E-state index contributed by atoms with van der Waals surface area (Å²) >= 11 is 0. The number of fused-ring (bicyclic) bond motifs is 6. The zero-order valence-electron chi connectivity index (χ0n) is 23.5. The fourth-order valence-electron chi connectivity index (χ4n) is 6.72. The lowest BCUT2D eigenvalue weighted by Crippen LogP contribution is -2.22. The van der Waals surface area contributed by atoms with Crippen LogP contribution in [0.25, 0.3) is 27.8 Å². The first-order chi connectivity index (χ1) is 18.2. The minimum Gasteiger partial charge on any atom is -0.337 e. The molecule has 0 bridgehead atoms. The molecular formula is C37H37N. The summed E-state index contributed by atoms with van der Waals surface area (Å²) in [7, 11) is 0. The van der Waals surface area contributed by atoms with Crippen LogP contribution in [0.5, 0.6) is 0 Å². The van der Waals surface area contributed by atoms with Crippen molar-refractivity contribution >= 4 is 16.9 Å². The number of rotatable bonds is 5. The molecule has 0 saturated carbocycles. The van der Waals surface area contributed by atoms with Crippen molar-refractivity contribution in [3.63, 3.8) is 0 Å². The average Bonchev–Trinajstić information content (AvgIpc) is 3.28. The Morgan fingerprint density at radius 2 is 1.26 bits per heavy atom. The van der Waals surface area contributed by atoms with Crippen LogP contribution in [-0.4, -0.2) is 6.54 Å². The van der Waals surface area contributed by atoms with Gasteiger partial charge in [-0.2, -0.15) is 0 Å². The van der Waals surface area contributed by atoms with E-state index < -0.39 is 0 Å². The molecule has 2 aliphatic carbocycles. The predicted octanol–water partition coefficient (Wildman–Crippen LogP) is 10.0. The molecule has 0 N–H and O–H groups in total. The van der Waals surface area contributed by atoms with Crippen LogP contribution in [0, 0.1) is 0 Å². The summed E-state index contributed by atoms with van der Waals surface area (Å²) < 4.78 is 0. The second-order valence-corrected chi connectivity index (χ2v) is 11.9. The van der Waals surface area contributed by atoms with Crippen LogP contribution in [-0.2, 0) is 10.8 Å². The Balaban J connectivity index is 1.56. The van der Waals surface area contributed by atoms with Crippen LogP contribution in [0.4, 0.5) is 11.4 Å². The van der Waals surface area contributed by atoms with Gasteiger partial charge >= 0.3 is 0 Å². The molecule has 0 unspecified atom stereocenters. The van der Waals surface area contributed by atoms with E-state index in [1.807, 2.05) is 0 Å². The molecule has 0 heterocycles. The maximum Gasteiger partial charge on any atom is 0.0493 e. The normalized spacial score (nSPS) is 15.6. The number of hydrogen-bond donors (Lipinski definition) is 0. The van der Waals surface area contributed by atoms with Gasteiger partial charge < -0.3 is 4.90 Å². The van der Waals surface area contributed by atoms with Gasteiger partial charge in [0, 0.05) is 34.3 Å². The fraction of sp³-hybridized carbons (Fsp3) is 0.243. The number of nitrogens with zero attached hydrogens (tertiary/aromatic N) is 1. The number of anilines is 2. The summed E-state index contributed by atoms with van der Waals surface area (Å²) in [6, 6.07) is 29.6. The Labute approximate surface area is 228 Å². The maximum atomic E-state index is 4.42. The van der Waals surface area contributed by atoms with Gasteiger partial charge in [-0.25, -0.2) is 0 Å². The van der Waals surface area contributed by atoms with Gasteiger partial charge in [0.1, 0.15) is 0 Å². The summed E-state index contributed by atoms with van der Waals surface area (Å²) in [6.45, 7) is 18.9. The topological polar surface area (TPSA) is 3.24 Å². The molecule has 0 aromatic heterocycles. The van der Waals surface area contributed by atoms with Gasteiger partial charge in [0.15, 0.2) is 0 Å². The van der Waals surface area contributed by atoms with E-state index in [9.17, 15) is 0 Å². The van der Waals surface area contributed by atoms with Crippen molar-refractivity contribution in [1.29, 1.82) is 0 Å². The van der Waals surface area contributed by atoms with Crippen molar-refractivity contribution in [2.45, 2.75) is 52.4 Å². The quantitative estimate of drug-likeness (QED) is 0.249. The molecule has 0 spiro atoms. The molecule has 6 rings (SSSR count). The highest BCUT2D eigenvalue weighted by molar-refractivity contribution is 5.90. The van der Waals surface area contributed by atoms with Gasteiger partial charge in [-0.15, -0.1) is 0 Å². The van der Waals surface area contributed by atoms with E-state index in [0.717, 1.165) is 12.1 Å². The SMILES string of the molecule is C=C(C)c1cc2c(cc1N(C/C=C/C)c1ccc3c(c1)C(C)(C)c1ccccc1-3)C(C)(C)c1ccccc1-2. The molecule has 0 radical (unpaired) electrons. The van der Waals surface area contributed by atoms with Crippen LogP contribution in [0.1, 0.15) is 69.4 Å². The average molecular weight is 496 g/mol. The summed E-state index contributed by atoms with van der Waals surface area (Å²) in [4.78, 5) is 2.47. The molecule has 190 valence electrons. The van der Waals surface area contributed by atoms with Crippen molar-refractivity contribution in [3.8, 4) is 22.3 Å². The highest BCUT2D eigenvalue weighted by Gasteiger charge is 2.38. The Kier molecular flexibility index (Phi) is 5.54. The molecular weight excluding hydrogens is 458 g/mol. The molecule has 0 amide bonds. The molecule has 0 fully saturated rings. The second-order valence-electron chi connectivity index (χ2n) is 11.9. The van der Waals surface area contributed by atoms with Gasteiger partial charge in [0.25, 0.3) is 0 Å². The van der Waals surface area contributed by atoms with Crippen molar-refractivity contribution < 1.29 is 0 Å². The Morgan fingerprint density at radius 3 is 1.87 bits per heavy atom. The maximum absolute atomic E-state index is 4.42. The Hall–Kier alpha value is -3.84. The lowest BCUT2D eigenvalue weighted by molar-refractivity contribution is 0.659. The molecule has 0 saturated heterocycles. The van der Waals surface area contributed by atoms with Crippen molar-refractivity contribution in [2.75, 3.05) is 11.4 Å². The Morgan fingerprint density at radius 1 is 0.711 bits per heavy atom. The standard InChI is InChI=1S/C37H37N/c1-8-9-20-38(25-18-19-28-26-14-10-12-16-31(26)36(4,5)33(28)21-25)35-23-34-30(22-29(35)24(2)3)27-15-11-13-17-32(27)37(34,6)7/h8-19,21-23H,2,20H2,1,3-7H3/b9-8+. The van der Waals surface area contributed by atoms with Crippen LogP contribution < -0.4 is 4.90 Å². The first-order valence-corrected chi connectivity index (χ1v) is 13.7. The van der Waals surface area contributed by atoms with E-state index in [4.69, 9.17) is 0 Å². The molecule has 0 atom stereocenters. The number of allylic oxidation sites excluding steroid dienone is 2. The van der Waals surface area contributed by atoms with Crippen LogP contribution >= 0.6 is 0 Å². The molecule has 1 heteroatoms. The van der Waals surface area contributed by atoms with Gasteiger partial charge in [0.2, 0.25) is 0 Å². The van der Waals surface area contributed by atoms with Gasteiger partial charge in [-0.05, 0) is 88.2 Å². The summed E-state index contributed by atoms with van der Waals surface area (Å²) in [5.74, 6) is 0. The van der Waals surface area contributed by atoms with Crippen molar-refractivity contribution in [3.05, 3.63) is 125 Å².